The van der Waals surface area contributed by atoms with Crippen molar-refractivity contribution in [3.8, 4) is 11.8 Å². The zero-order valence-electron chi connectivity index (χ0n) is 16.6. The second-order valence-corrected chi connectivity index (χ2v) is 7.83. The van der Waals surface area contributed by atoms with Crippen LogP contribution in [0.3, 0.4) is 0 Å². The van der Waals surface area contributed by atoms with Gasteiger partial charge in [-0.15, -0.1) is 5.10 Å². The Balaban J connectivity index is 2.49. The van der Waals surface area contributed by atoms with Gasteiger partial charge in [0.15, 0.2) is 0 Å². The van der Waals surface area contributed by atoms with Crippen molar-refractivity contribution in [2.75, 3.05) is 11.8 Å². The topological polar surface area (TPSA) is 108 Å². The van der Waals surface area contributed by atoms with Gasteiger partial charge < -0.3 is 9.57 Å². The minimum atomic E-state index is -5.97. The first kappa shape index (κ1) is 26.1. The van der Waals surface area contributed by atoms with Crippen LogP contribution >= 0.6 is 0 Å². The Morgan fingerprint density at radius 3 is 2.21 bits per heavy atom. The molecule has 0 radical (unpaired) electrons. The SMILES string of the molecule is CON=C(C)c1cc(Oc2nnc(C(F)(F)C(F)(F)F)n2C)ccc1NS(=O)(=O)C(F)(F)F. The van der Waals surface area contributed by atoms with E-state index in [4.69, 9.17) is 4.74 Å². The number of alkyl halides is 8. The van der Waals surface area contributed by atoms with Crippen LogP contribution in [-0.4, -0.2) is 47.7 Å². The first-order valence-corrected chi connectivity index (χ1v) is 9.74. The van der Waals surface area contributed by atoms with E-state index in [9.17, 15) is 43.5 Å². The highest BCUT2D eigenvalue weighted by atomic mass is 32.2. The molecule has 0 spiro atoms. The molecule has 1 N–H and O–H groups in total. The minimum Gasteiger partial charge on any atom is -0.424 e. The van der Waals surface area contributed by atoms with Crippen LogP contribution < -0.4 is 9.46 Å². The first-order valence-electron chi connectivity index (χ1n) is 8.26. The second-order valence-electron chi connectivity index (χ2n) is 6.16. The van der Waals surface area contributed by atoms with E-state index in [-0.39, 0.29) is 21.6 Å². The Morgan fingerprint density at radius 2 is 1.70 bits per heavy atom. The number of halogens is 8. The molecule has 184 valence electrons. The molecule has 0 atom stereocenters. The summed E-state index contributed by atoms with van der Waals surface area (Å²) in [6.07, 6.45) is -5.97. The predicted molar refractivity (Wildman–Crippen MR) is 95.3 cm³/mol. The van der Waals surface area contributed by atoms with E-state index in [1.165, 1.54) is 11.6 Å². The maximum Gasteiger partial charge on any atom is 0.516 e. The summed E-state index contributed by atoms with van der Waals surface area (Å²) in [7, 11) is -3.98. The molecule has 18 heteroatoms. The van der Waals surface area contributed by atoms with Gasteiger partial charge in [-0.25, -0.2) is 0 Å². The number of rotatable bonds is 7. The number of aromatic nitrogens is 3. The third-order valence-electron chi connectivity index (χ3n) is 3.84. The van der Waals surface area contributed by atoms with Crippen molar-refractivity contribution in [2.45, 2.75) is 24.5 Å². The Kier molecular flexibility index (Phi) is 6.82. The molecule has 2 aromatic rings. The number of ether oxygens (including phenoxy) is 1. The van der Waals surface area contributed by atoms with E-state index >= 15 is 0 Å². The second kappa shape index (κ2) is 8.64. The zero-order chi connectivity index (χ0) is 25.4. The number of nitrogens with one attached hydrogen (secondary N) is 1. The van der Waals surface area contributed by atoms with Gasteiger partial charge >= 0.3 is 33.6 Å². The van der Waals surface area contributed by atoms with Gasteiger partial charge in [-0.2, -0.15) is 43.5 Å². The molecule has 9 nitrogen and oxygen atoms in total. The van der Waals surface area contributed by atoms with Gasteiger partial charge in [0.25, 0.3) is 0 Å². The minimum absolute atomic E-state index is 0.148. The van der Waals surface area contributed by atoms with Gasteiger partial charge in [0.1, 0.15) is 12.9 Å². The molecule has 0 unspecified atom stereocenters. The smallest absolute Gasteiger partial charge is 0.424 e. The van der Waals surface area contributed by atoms with E-state index in [0.717, 1.165) is 32.4 Å². The fourth-order valence-electron chi connectivity index (χ4n) is 2.27. The van der Waals surface area contributed by atoms with Crippen molar-refractivity contribution in [1.29, 1.82) is 0 Å². The quantitative estimate of drug-likeness (QED) is 0.343. The number of benzene rings is 1. The summed E-state index contributed by atoms with van der Waals surface area (Å²) in [5.41, 5.74) is -6.71. The molecule has 0 saturated carbocycles. The number of nitrogens with zero attached hydrogens (tertiary/aromatic N) is 4. The van der Waals surface area contributed by atoms with Crippen molar-refractivity contribution in [3.05, 3.63) is 29.6 Å². The highest BCUT2D eigenvalue weighted by Crippen LogP contribution is 2.43. The number of sulfonamides is 1. The molecule has 33 heavy (non-hydrogen) atoms. The van der Waals surface area contributed by atoms with Crippen molar-refractivity contribution in [1.82, 2.24) is 14.8 Å². The lowest BCUT2D eigenvalue weighted by molar-refractivity contribution is -0.293. The Morgan fingerprint density at radius 1 is 1.09 bits per heavy atom. The van der Waals surface area contributed by atoms with E-state index in [0.29, 0.717) is 0 Å². The predicted octanol–water partition coefficient (Wildman–Crippen LogP) is 3.89. The van der Waals surface area contributed by atoms with Crippen molar-refractivity contribution in [3.63, 3.8) is 0 Å². The van der Waals surface area contributed by atoms with Crippen LogP contribution in [0.15, 0.2) is 23.4 Å². The molecule has 0 amide bonds. The van der Waals surface area contributed by atoms with Crippen LogP contribution in [0.5, 0.6) is 11.8 Å². The average molecular weight is 511 g/mol. The summed E-state index contributed by atoms with van der Waals surface area (Å²) in [5, 5.41) is 9.36. The molecule has 0 aliphatic heterocycles. The summed E-state index contributed by atoms with van der Waals surface area (Å²) in [6.45, 7) is 1.22. The summed E-state index contributed by atoms with van der Waals surface area (Å²) in [5.74, 6) is -7.48. The van der Waals surface area contributed by atoms with Crippen LogP contribution in [0.1, 0.15) is 18.3 Å². The highest BCUT2D eigenvalue weighted by Gasteiger charge is 2.62. The Labute approximate surface area is 180 Å². The maximum atomic E-state index is 13.5. The largest absolute Gasteiger partial charge is 0.516 e. The lowest BCUT2D eigenvalue weighted by Crippen LogP contribution is -2.36. The Bertz CT molecular complexity index is 1160. The molecule has 1 heterocycles. The molecule has 0 bridgehead atoms. The monoisotopic (exact) mass is 511 g/mol. The molecule has 2 rings (SSSR count). The van der Waals surface area contributed by atoms with E-state index in [1.54, 1.807) is 0 Å². The van der Waals surface area contributed by atoms with Gasteiger partial charge in [-0.1, -0.05) is 10.3 Å². The van der Waals surface area contributed by atoms with Crippen molar-refractivity contribution in [2.24, 2.45) is 12.2 Å². The number of hydrogen-bond donors (Lipinski definition) is 1. The molecule has 1 aromatic carbocycles. The highest BCUT2D eigenvalue weighted by molar-refractivity contribution is 7.93. The maximum absolute atomic E-state index is 13.5. The van der Waals surface area contributed by atoms with Gasteiger partial charge in [-0.05, 0) is 25.1 Å². The lowest BCUT2D eigenvalue weighted by Gasteiger charge is -2.18. The lowest BCUT2D eigenvalue weighted by atomic mass is 10.1. The van der Waals surface area contributed by atoms with Crippen molar-refractivity contribution < 1.29 is 53.1 Å². The number of hydrogen-bond acceptors (Lipinski definition) is 7. The fraction of sp³-hybridized carbons (Fsp3) is 0.400. The van der Waals surface area contributed by atoms with Gasteiger partial charge in [0.05, 0.1) is 11.4 Å². The van der Waals surface area contributed by atoms with Gasteiger partial charge in [0.2, 0.25) is 5.82 Å². The van der Waals surface area contributed by atoms with Crippen LogP contribution in [-0.2, 0) is 27.8 Å². The van der Waals surface area contributed by atoms with Gasteiger partial charge in [-0.3, -0.25) is 9.29 Å². The zero-order valence-corrected chi connectivity index (χ0v) is 17.4. The fourth-order valence-corrected chi connectivity index (χ4v) is 2.86. The van der Waals surface area contributed by atoms with Crippen LogP contribution in [0.4, 0.5) is 40.8 Å². The third-order valence-corrected chi connectivity index (χ3v) is 4.94. The summed E-state index contributed by atoms with van der Waals surface area (Å²) in [4.78, 5) is 4.49. The third kappa shape index (κ3) is 5.25. The summed E-state index contributed by atoms with van der Waals surface area (Å²) >= 11 is 0. The standard InChI is InChI=1S/C15H13F8N5O4S/c1-7(26-31-3)9-6-8(4-5-10(9)27-33(29,30)15(21,22)23)32-12-25-24-11(28(12)2)13(16,17)14(18,19)20/h4-6,27H,1-3H3. The van der Waals surface area contributed by atoms with Crippen molar-refractivity contribution >= 4 is 21.4 Å². The van der Waals surface area contributed by atoms with Crippen LogP contribution in [0.25, 0.3) is 0 Å². The van der Waals surface area contributed by atoms with E-state index in [1.807, 2.05) is 0 Å². The van der Waals surface area contributed by atoms with Crippen LogP contribution in [0.2, 0.25) is 0 Å². The summed E-state index contributed by atoms with van der Waals surface area (Å²) in [6, 6.07) is 1.80. The van der Waals surface area contributed by atoms with E-state index in [2.05, 4.69) is 20.2 Å². The molecular formula is C15H13F8N5O4S. The first-order chi connectivity index (χ1) is 14.9. The van der Waals surface area contributed by atoms with E-state index < -0.39 is 45.2 Å². The molecule has 0 aliphatic rings. The van der Waals surface area contributed by atoms with Crippen LogP contribution in [0, 0.1) is 0 Å². The number of anilines is 1. The normalized spacial score (nSPS) is 13.7. The molecule has 0 aliphatic carbocycles. The Hall–Kier alpha value is -3.18. The molecule has 0 saturated heterocycles. The molecule has 0 fully saturated rings. The summed E-state index contributed by atoms with van der Waals surface area (Å²) < 4.78 is 132. The average Bonchev–Trinajstić information content (AvgIpc) is 3.02. The number of oxime groups is 1. The molecule has 1 aromatic heterocycles. The molecular weight excluding hydrogens is 498 g/mol. The van der Waals surface area contributed by atoms with Gasteiger partial charge in [0, 0.05) is 12.6 Å².